The Morgan fingerprint density at radius 1 is 1.17 bits per heavy atom. The Kier molecular flexibility index (Phi) is 3.93. The first-order valence-electron chi connectivity index (χ1n) is 7.20. The van der Waals surface area contributed by atoms with Gasteiger partial charge in [-0.05, 0) is 42.8 Å². The quantitative estimate of drug-likeness (QED) is 0.876. The molecule has 3 rings (SSSR count). The van der Waals surface area contributed by atoms with Crippen LogP contribution in [0.1, 0.15) is 22.8 Å². The summed E-state index contributed by atoms with van der Waals surface area (Å²) in [4.78, 5) is 12.3. The number of ether oxygens (including phenoxy) is 3. The van der Waals surface area contributed by atoms with Crippen LogP contribution in [0, 0.1) is 0 Å². The number of phenols is 1. The average molecular weight is 312 g/mol. The first-order chi connectivity index (χ1) is 11.1. The van der Waals surface area contributed by atoms with Crippen LogP contribution in [0.4, 0.5) is 0 Å². The van der Waals surface area contributed by atoms with E-state index in [0.717, 1.165) is 5.56 Å². The Bertz CT molecular complexity index is 792. The van der Waals surface area contributed by atoms with Crippen molar-refractivity contribution in [1.82, 2.24) is 0 Å². The molecule has 5 nitrogen and oxygen atoms in total. The van der Waals surface area contributed by atoms with Crippen LogP contribution in [0.5, 0.6) is 23.0 Å². The number of carbonyl (C=O) groups is 1. The summed E-state index contributed by atoms with van der Waals surface area (Å²) in [7, 11) is 1.56. The summed E-state index contributed by atoms with van der Waals surface area (Å²) < 4.78 is 16.3. The molecule has 0 saturated carbocycles. The molecule has 0 aliphatic carbocycles. The smallest absolute Gasteiger partial charge is 0.231 e. The number of fused-ring (bicyclic) bond motifs is 1. The third kappa shape index (κ3) is 2.85. The number of phenolic OH excluding ortho intramolecular Hbond substituents is 1. The Morgan fingerprint density at radius 2 is 2.00 bits per heavy atom. The lowest BCUT2D eigenvalue weighted by molar-refractivity contribution is 0.101. The van der Waals surface area contributed by atoms with Crippen LogP contribution in [0.15, 0.2) is 42.2 Å². The van der Waals surface area contributed by atoms with Gasteiger partial charge in [-0.15, -0.1) is 0 Å². The van der Waals surface area contributed by atoms with Crippen molar-refractivity contribution < 1.29 is 24.1 Å². The predicted molar refractivity (Wildman–Crippen MR) is 85.2 cm³/mol. The van der Waals surface area contributed by atoms with E-state index in [0.29, 0.717) is 29.4 Å². The van der Waals surface area contributed by atoms with Crippen LogP contribution in [-0.4, -0.2) is 24.6 Å². The van der Waals surface area contributed by atoms with Crippen LogP contribution in [0.2, 0.25) is 0 Å². The first-order valence-corrected chi connectivity index (χ1v) is 7.20. The molecule has 118 valence electrons. The summed E-state index contributed by atoms with van der Waals surface area (Å²) in [5.41, 5.74) is 1.19. The standard InChI is InChI=1S/C18H16O5/c1-3-22-14-7-4-11(8-16(14)21-2)9-17-18(20)13-6-5-12(19)10-15(13)23-17/h4-10,19H,3H2,1-2H3/b17-9-. The molecule has 0 unspecified atom stereocenters. The van der Waals surface area contributed by atoms with Gasteiger partial charge >= 0.3 is 0 Å². The van der Waals surface area contributed by atoms with Crippen molar-refractivity contribution in [1.29, 1.82) is 0 Å². The van der Waals surface area contributed by atoms with Gasteiger partial charge in [0.25, 0.3) is 0 Å². The third-order valence-corrected chi connectivity index (χ3v) is 3.44. The van der Waals surface area contributed by atoms with Gasteiger partial charge in [-0.3, -0.25) is 4.79 Å². The third-order valence-electron chi connectivity index (χ3n) is 3.44. The molecule has 0 atom stereocenters. The van der Waals surface area contributed by atoms with Gasteiger partial charge in [-0.2, -0.15) is 0 Å². The van der Waals surface area contributed by atoms with Gasteiger partial charge < -0.3 is 19.3 Å². The topological polar surface area (TPSA) is 65.0 Å². The summed E-state index contributed by atoms with van der Waals surface area (Å²) in [6.45, 7) is 2.43. The van der Waals surface area contributed by atoms with Gasteiger partial charge in [0.05, 0.1) is 19.3 Å². The minimum Gasteiger partial charge on any atom is -0.508 e. The fraction of sp³-hybridized carbons (Fsp3) is 0.167. The van der Waals surface area contributed by atoms with E-state index >= 15 is 0 Å². The van der Waals surface area contributed by atoms with Crippen molar-refractivity contribution in [3.8, 4) is 23.0 Å². The second kappa shape index (κ2) is 6.04. The second-order valence-electron chi connectivity index (χ2n) is 4.96. The molecule has 2 aromatic carbocycles. The number of allylic oxidation sites excluding steroid dienone is 1. The summed E-state index contributed by atoms with van der Waals surface area (Å²) >= 11 is 0. The van der Waals surface area contributed by atoms with Crippen LogP contribution >= 0.6 is 0 Å². The lowest BCUT2D eigenvalue weighted by atomic mass is 10.1. The van der Waals surface area contributed by atoms with Gasteiger partial charge in [-0.25, -0.2) is 0 Å². The normalized spacial score (nSPS) is 14.5. The van der Waals surface area contributed by atoms with E-state index < -0.39 is 0 Å². The van der Waals surface area contributed by atoms with Crippen LogP contribution in [-0.2, 0) is 0 Å². The van der Waals surface area contributed by atoms with Crippen molar-refractivity contribution in [2.75, 3.05) is 13.7 Å². The zero-order valence-electron chi connectivity index (χ0n) is 12.8. The van der Waals surface area contributed by atoms with Crippen molar-refractivity contribution >= 4 is 11.9 Å². The zero-order chi connectivity index (χ0) is 16.4. The van der Waals surface area contributed by atoms with E-state index in [1.54, 1.807) is 31.4 Å². The summed E-state index contributed by atoms with van der Waals surface area (Å²) in [6, 6.07) is 9.81. The maximum absolute atomic E-state index is 12.3. The highest BCUT2D eigenvalue weighted by Gasteiger charge is 2.27. The molecule has 1 aliphatic heterocycles. The highest BCUT2D eigenvalue weighted by atomic mass is 16.5. The highest BCUT2D eigenvalue weighted by Crippen LogP contribution is 2.35. The Labute approximate surface area is 133 Å². The van der Waals surface area contributed by atoms with Gasteiger partial charge in [0.1, 0.15) is 11.5 Å². The lowest BCUT2D eigenvalue weighted by Crippen LogP contribution is -1.99. The fourth-order valence-electron chi connectivity index (χ4n) is 2.38. The molecule has 23 heavy (non-hydrogen) atoms. The number of rotatable bonds is 4. The van der Waals surface area contributed by atoms with Gasteiger partial charge in [-0.1, -0.05) is 6.07 Å². The van der Waals surface area contributed by atoms with Gasteiger partial charge in [0.2, 0.25) is 5.78 Å². The van der Waals surface area contributed by atoms with Crippen molar-refractivity contribution in [2.45, 2.75) is 6.92 Å². The van der Waals surface area contributed by atoms with Crippen LogP contribution in [0.25, 0.3) is 6.08 Å². The maximum atomic E-state index is 12.3. The molecule has 5 heteroatoms. The summed E-state index contributed by atoms with van der Waals surface area (Å²) in [5.74, 6) is 1.63. The number of ketones is 1. The van der Waals surface area contributed by atoms with Crippen molar-refractivity contribution in [2.24, 2.45) is 0 Å². The van der Waals surface area contributed by atoms with E-state index in [1.807, 2.05) is 13.0 Å². The minimum absolute atomic E-state index is 0.0561. The maximum Gasteiger partial charge on any atom is 0.231 e. The molecule has 1 aliphatic rings. The van der Waals surface area contributed by atoms with E-state index in [9.17, 15) is 9.90 Å². The molecule has 1 heterocycles. The molecular formula is C18H16O5. The van der Waals surface area contributed by atoms with Crippen LogP contribution < -0.4 is 14.2 Å². The van der Waals surface area contributed by atoms with Crippen molar-refractivity contribution in [3.63, 3.8) is 0 Å². The molecule has 1 N–H and O–H groups in total. The number of methoxy groups -OCH3 is 1. The molecule has 0 radical (unpaired) electrons. The van der Waals surface area contributed by atoms with Crippen LogP contribution in [0.3, 0.4) is 0 Å². The minimum atomic E-state index is -0.215. The van der Waals surface area contributed by atoms with E-state index in [1.165, 1.54) is 12.1 Å². The largest absolute Gasteiger partial charge is 0.508 e. The molecule has 0 amide bonds. The molecule has 0 bridgehead atoms. The molecular weight excluding hydrogens is 296 g/mol. The SMILES string of the molecule is CCOc1ccc(/C=C2\Oc3cc(O)ccc3C2=O)cc1OC. The number of carbonyl (C=O) groups excluding carboxylic acids is 1. The number of hydrogen-bond donors (Lipinski definition) is 1. The molecule has 0 fully saturated rings. The number of benzene rings is 2. The van der Waals surface area contributed by atoms with E-state index in [4.69, 9.17) is 14.2 Å². The number of aromatic hydroxyl groups is 1. The van der Waals surface area contributed by atoms with Crippen molar-refractivity contribution in [3.05, 3.63) is 53.3 Å². The summed E-state index contributed by atoms with van der Waals surface area (Å²) in [6.07, 6.45) is 1.64. The number of hydrogen-bond acceptors (Lipinski definition) is 5. The molecule has 0 aromatic heterocycles. The average Bonchev–Trinajstić information content (AvgIpc) is 2.84. The monoisotopic (exact) mass is 312 g/mol. The predicted octanol–water partition coefficient (Wildman–Crippen LogP) is 3.42. The Morgan fingerprint density at radius 3 is 2.74 bits per heavy atom. The zero-order valence-corrected chi connectivity index (χ0v) is 12.8. The van der Waals surface area contributed by atoms with Gasteiger partial charge in [0, 0.05) is 6.07 Å². The first kappa shape index (κ1) is 15.0. The lowest BCUT2D eigenvalue weighted by Gasteiger charge is -2.09. The molecule has 2 aromatic rings. The Balaban J connectivity index is 1.92. The molecule has 0 saturated heterocycles. The Hall–Kier alpha value is -2.95. The van der Waals surface area contributed by atoms with E-state index in [-0.39, 0.29) is 17.3 Å². The van der Waals surface area contributed by atoms with E-state index in [2.05, 4.69) is 0 Å². The number of Topliss-reactive ketones (excluding diaryl/α,β-unsaturated/α-hetero) is 1. The summed E-state index contributed by atoms with van der Waals surface area (Å²) in [5, 5.41) is 9.47. The highest BCUT2D eigenvalue weighted by molar-refractivity contribution is 6.14. The second-order valence-corrected chi connectivity index (χ2v) is 4.96. The fourth-order valence-corrected chi connectivity index (χ4v) is 2.38. The molecule has 0 spiro atoms. The van der Waals surface area contributed by atoms with Gasteiger partial charge in [0.15, 0.2) is 17.3 Å².